The van der Waals surface area contributed by atoms with Gasteiger partial charge in [0, 0.05) is 60.9 Å². The fraction of sp³-hybridized carbons (Fsp3) is 0.357. The van der Waals surface area contributed by atoms with Crippen molar-refractivity contribution in [3.05, 3.63) is 60.0 Å². The van der Waals surface area contributed by atoms with Gasteiger partial charge in [-0.3, -0.25) is 14.9 Å². The zero-order valence-corrected chi connectivity index (χ0v) is 22.3. The minimum absolute atomic E-state index is 0.171. The minimum Gasteiger partial charge on any atom is -0.497 e. The normalized spacial score (nSPS) is 11.4. The maximum atomic E-state index is 12.5. The van der Waals surface area contributed by atoms with Crippen LogP contribution in [0.15, 0.2) is 48.8 Å². The largest absolute Gasteiger partial charge is 0.497 e. The number of ether oxygens (including phenoxy) is 1. The van der Waals surface area contributed by atoms with Crippen molar-refractivity contribution in [1.29, 1.82) is 0 Å². The zero-order valence-electron chi connectivity index (χ0n) is 22.3. The smallest absolute Gasteiger partial charge is 0.251 e. The Bertz CT molecular complexity index is 1380. The molecule has 1 amide bonds. The van der Waals surface area contributed by atoms with Gasteiger partial charge in [-0.15, -0.1) is 0 Å². The summed E-state index contributed by atoms with van der Waals surface area (Å²) in [5, 5.41) is 13.5. The monoisotopic (exact) mass is 501 g/mol. The molecule has 194 valence electrons. The highest BCUT2D eigenvalue weighted by atomic mass is 16.5. The predicted octanol–water partition coefficient (Wildman–Crippen LogP) is 4.65. The third-order valence-corrected chi connectivity index (χ3v) is 6.15. The first kappa shape index (κ1) is 26.1. The summed E-state index contributed by atoms with van der Waals surface area (Å²) in [5.41, 5.74) is 6.60. The molecule has 0 aliphatic heterocycles. The highest BCUT2D eigenvalue weighted by Crippen LogP contribution is 2.32. The summed E-state index contributed by atoms with van der Waals surface area (Å²) < 4.78 is 5.52. The summed E-state index contributed by atoms with van der Waals surface area (Å²) in [6.07, 6.45) is 3.66. The van der Waals surface area contributed by atoms with Crippen LogP contribution in [0.4, 0.5) is 11.4 Å². The molecule has 4 aromatic rings. The van der Waals surface area contributed by atoms with Crippen LogP contribution in [0.1, 0.15) is 49.7 Å². The first-order valence-corrected chi connectivity index (χ1v) is 12.5. The number of aromatic amines is 1. The van der Waals surface area contributed by atoms with E-state index in [1.165, 1.54) is 0 Å². The second-order valence-electron chi connectivity index (χ2n) is 9.53. The van der Waals surface area contributed by atoms with E-state index in [2.05, 4.69) is 58.4 Å². The number of benzene rings is 2. The molecule has 2 aromatic heterocycles. The van der Waals surface area contributed by atoms with E-state index in [0.29, 0.717) is 23.9 Å². The van der Waals surface area contributed by atoms with E-state index in [0.717, 1.165) is 45.9 Å². The van der Waals surface area contributed by atoms with Crippen LogP contribution in [0.3, 0.4) is 0 Å². The second-order valence-corrected chi connectivity index (χ2v) is 9.53. The van der Waals surface area contributed by atoms with Crippen molar-refractivity contribution < 1.29 is 9.53 Å². The van der Waals surface area contributed by atoms with E-state index in [1.807, 2.05) is 36.5 Å². The lowest BCUT2D eigenvalue weighted by Gasteiger charge is -2.27. The van der Waals surface area contributed by atoms with Gasteiger partial charge in [-0.1, -0.05) is 27.7 Å². The molecule has 3 N–H and O–H groups in total. The van der Waals surface area contributed by atoms with E-state index in [4.69, 9.17) is 9.72 Å². The quantitative estimate of drug-likeness (QED) is 0.290. The molecule has 0 bridgehead atoms. The molecule has 0 aliphatic carbocycles. The fourth-order valence-electron chi connectivity index (χ4n) is 4.25. The molecule has 4 rings (SSSR count). The Hall–Kier alpha value is -3.98. The van der Waals surface area contributed by atoms with Gasteiger partial charge in [0.1, 0.15) is 5.75 Å². The van der Waals surface area contributed by atoms with Crippen molar-refractivity contribution in [2.45, 2.75) is 39.7 Å². The minimum atomic E-state index is -0.171. The Labute approximate surface area is 217 Å². The molecule has 0 saturated carbocycles. The number of methoxy groups -OCH3 is 1. The number of fused-ring (bicyclic) bond motifs is 1. The predicted molar refractivity (Wildman–Crippen MR) is 148 cm³/mol. The first-order valence-electron chi connectivity index (χ1n) is 12.5. The molecular weight excluding hydrogens is 466 g/mol. The van der Waals surface area contributed by atoms with Gasteiger partial charge >= 0.3 is 0 Å². The molecule has 0 spiro atoms. The summed E-state index contributed by atoms with van der Waals surface area (Å²) in [4.78, 5) is 24.2. The Morgan fingerprint density at radius 3 is 2.59 bits per heavy atom. The van der Waals surface area contributed by atoms with E-state index in [-0.39, 0.29) is 11.8 Å². The number of hydrogen-bond acceptors (Lipinski definition) is 7. The van der Waals surface area contributed by atoms with Crippen LogP contribution in [-0.2, 0) is 0 Å². The van der Waals surface area contributed by atoms with E-state index in [1.54, 1.807) is 26.4 Å². The molecule has 0 fully saturated rings. The topological polar surface area (TPSA) is 108 Å². The molecule has 0 radical (unpaired) electrons. The van der Waals surface area contributed by atoms with Gasteiger partial charge in [-0.25, -0.2) is 4.98 Å². The number of carbonyl (C=O) groups excluding carboxylic acids is 1. The van der Waals surface area contributed by atoms with Gasteiger partial charge in [0.2, 0.25) is 0 Å². The lowest BCUT2D eigenvalue weighted by atomic mass is 10.0. The summed E-state index contributed by atoms with van der Waals surface area (Å²) in [7, 11) is 3.22. The summed E-state index contributed by atoms with van der Waals surface area (Å²) in [5.74, 6) is 0.703. The Balaban J connectivity index is 1.79. The SMILES string of the molecule is CNC(=O)c1cc(OC)cc(N(CCNC(C)C)c2ccc3ncc(-c4c[nH]nc4C(C)C)nc3c2)c1. The van der Waals surface area contributed by atoms with Crippen molar-refractivity contribution in [1.82, 2.24) is 30.8 Å². The van der Waals surface area contributed by atoms with Gasteiger partial charge < -0.3 is 20.3 Å². The lowest BCUT2D eigenvalue weighted by Crippen LogP contribution is -2.32. The van der Waals surface area contributed by atoms with E-state index < -0.39 is 0 Å². The number of nitrogens with one attached hydrogen (secondary N) is 3. The summed E-state index contributed by atoms with van der Waals surface area (Å²) >= 11 is 0. The van der Waals surface area contributed by atoms with Gasteiger partial charge in [-0.2, -0.15) is 5.10 Å². The van der Waals surface area contributed by atoms with Crippen molar-refractivity contribution >= 4 is 28.3 Å². The number of aromatic nitrogens is 4. The zero-order chi connectivity index (χ0) is 26.5. The maximum Gasteiger partial charge on any atom is 0.251 e. The van der Waals surface area contributed by atoms with Crippen molar-refractivity contribution in [3.63, 3.8) is 0 Å². The number of H-pyrrole nitrogens is 1. The first-order chi connectivity index (χ1) is 17.8. The summed E-state index contributed by atoms with van der Waals surface area (Å²) in [6, 6.07) is 11.9. The molecular formula is C28H35N7O2. The molecule has 2 heterocycles. The van der Waals surface area contributed by atoms with Crippen LogP contribution < -0.4 is 20.3 Å². The second kappa shape index (κ2) is 11.4. The van der Waals surface area contributed by atoms with Crippen molar-refractivity contribution in [2.75, 3.05) is 32.1 Å². The molecule has 0 atom stereocenters. The summed E-state index contributed by atoms with van der Waals surface area (Å²) in [6.45, 7) is 9.88. The molecule has 0 unspecified atom stereocenters. The average Bonchev–Trinajstić information content (AvgIpc) is 3.40. The highest BCUT2D eigenvalue weighted by molar-refractivity contribution is 5.96. The van der Waals surface area contributed by atoms with Gasteiger partial charge in [0.25, 0.3) is 5.91 Å². The van der Waals surface area contributed by atoms with Crippen molar-refractivity contribution in [2.24, 2.45) is 0 Å². The standard InChI is InChI=1S/C28H35N7O2/c1-17(2)27-23(15-32-34-27)26-16-31-24-8-7-20(14-25(24)33-26)35(10-9-30-18(3)4)21-11-19(28(36)29-5)12-22(13-21)37-6/h7-8,11-18,30H,9-10H2,1-6H3,(H,29,36)(H,32,34). The van der Waals surface area contributed by atoms with Crippen LogP contribution in [0.2, 0.25) is 0 Å². The van der Waals surface area contributed by atoms with Crippen LogP contribution in [0.25, 0.3) is 22.3 Å². The number of amides is 1. The molecule has 0 saturated heterocycles. The number of carbonyl (C=O) groups is 1. The Morgan fingerprint density at radius 1 is 1.08 bits per heavy atom. The number of nitrogens with zero attached hydrogens (tertiary/aromatic N) is 4. The third-order valence-electron chi connectivity index (χ3n) is 6.15. The maximum absolute atomic E-state index is 12.5. The van der Waals surface area contributed by atoms with Crippen LogP contribution in [-0.4, -0.2) is 59.4 Å². The average molecular weight is 502 g/mol. The fourth-order valence-corrected chi connectivity index (χ4v) is 4.25. The molecule has 37 heavy (non-hydrogen) atoms. The van der Waals surface area contributed by atoms with Gasteiger partial charge in [-0.05, 0) is 36.2 Å². The number of hydrogen-bond donors (Lipinski definition) is 3. The van der Waals surface area contributed by atoms with Crippen LogP contribution in [0.5, 0.6) is 5.75 Å². The highest BCUT2D eigenvalue weighted by Gasteiger charge is 2.17. The Morgan fingerprint density at radius 2 is 1.89 bits per heavy atom. The molecule has 9 nitrogen and oxygen atoms in total. The number of anilines is 2. The lowest BCUT2D eigenvalue weighted by molar-refractivity contribution is 0.0962. The molecule has 2 aromatic carbocycles. The van der Waals surface area contributed by atoms with E-state index in [9.17, 15) is 4.79 Å². The van der Waals surface area contributed by atoms with Crippen LogP contribution in [0, 0.1) is 0 Å². The van der Waals surface area contributed by atoms with Crippen molar-refractivity contribution in [3.8, 4) is 17.0 Å². The molecule has 9 heteroatoms. The van der Waals surface area contributed by atoms with E-state index >= 15 is 0 Å². The number of rotatable bonds is 10. The van der Waals surface area contributed by atoms with Crippen LogP contribution >= 0.6 is 0 Å². The van der Waals surface area contributed by atoms with Gasteiger partial charge in [0.05, 0.1) is 35.7 Å². The Kier molecular flexibility index (Phi) is 8.03. The van der Waals surface area contributed by atoms with Gasteiger partial charge in [0.15, 0.2) is 0 Å². The molecule has 0 aliphatic rings. The third kappa shape index (κ3) is 5.89.